The SMILES string of the molecule is Cc1c(-c2ccccc2)oc2c(C(=O)N(C)CCC#N)cccc2c1=O. The van der Waals surface area contributed by atoms with Crippen LogP contribution >= 0.6 is 0 Å². The van der Waals surface area contributed by atoms with E-state index in [2.05, 4.69) is 0 Å². The lowest BCUT2D eigenvalue weighted by molar-refractivity contribution is 0.0799. The van der Waals surface area contributed by atoms with Gasteiger partial charge >= 0.3 is 0 Å². The molecule has 0 spiro atoms. The van der Waals surface area contributed by atoms with Crippen molar-refractivity contribution in [2.45, 2.75) is 13.3 Å². The van der Waals surface area contributed by atoms with Crippen molar-refractivity contribution in [1.29, 1.82) is 5.26 Å². The molecule has 1 aromatic heterocycles. The molecule has 2 aromatic carbocycles. The summed E-state index contributed by atoms with van der Waals surface area (Å²) < 4.78 is 6.05. The van der Waals surface area contributed by atoms with Crippen molar-refractivity contribution in [3.63, 3.8) is 0 Å². The van der Waals surface area contributed by atoms with Crippen LogP contribution in [0.15, 0.2) is 57.7 Å². The van der Waals surface area contributed by atoms with Gasteiger partial charge in [0, 0.05) is 24.7 Å². The fraction of sp³-hybridized carbons (Fsp3) is 0.190. The molecule has 0 radical (unpaired) electrons. The highest BCUT2D eigenvalue weighted by Crippen LogP contribution is 2.27. The predicted molar refractivity (Wildman–Crippen MR) is 99.8 cm³/mol. The zero-order valence-electron chi connectivity index (χ0n) is 14.7. The second-order valence-corrected chi connectivity index (χ2v) is 6.07. The number of hydrogen-bond acceptors (Lipinski definition) is 4. The molecular weight excluding hydrogens is 328 g/mol. The third kappa shape index (κ3) is 3.09. The van der Waals surface area contributed by atoms with E-state index in [0.717, 1.165) is 5.56 Å². The number of hydrogen-bond donors (Lipinski definition) is 0. The van der Waals surface area contributed by atoms with E-state index in [-0.39, 0.29) is 23.3 Å². The Morgan fingerprint density at radius 2 is 1.88 bits per heavy atom. The van der Waals surface area contributed by atoms with Crippen molar-refractivity contribution in [2.75, 3.05) is 13.6 Å². The molecule has 0 N–H and O–H groups in total. The number of fused-ring (bicyclic) bond motifs is 1. The van der Waals surface area contributed by atoms with Crippen LogP contribution in [0.5, 0.6) is 0 Å². The summed E-state index contributed by atoms with van der Waals surface area (Å²) in [6, 6.07) is 16.3. The van der Waals surface area contributed by atoms with E-state index in [1.165, 1.54) is 4.90 Å². The van der Waals surface area contributed by atoms with E-state index in [9.17, 15) is 9.59 Å². The molecule has 1 heterocycles. The second-order valence-electron chi connectivity index (χ2n) is 6.07. The van der Waals surface area contributed by atoms with Crippen molar-refractivity contribution in [2.24, 2.45) is 0 Å². The van der Waals surface area contributed by atoms with Gasteiger partial charge in [0.15, 0.2) is 11.0 Å². The van der Waals surface area contributed by atoms with E-state index < -0.39 is 0 Å². The molecule has 26 heavy (non-hydrogen) atoms. The van der Waals surface area contributed by atoms with Crippen LogP contribution in [0.4, 0.5) is 0 Å². The highest BCUT2D eigenvalue weighted by Gasteiger charge is 2.20. The van der Waals surface area contributed by atoms with Crippen molar-refractivity contribution >= 4 is 16.9 Å². The van der Waals surface area contributed by atoms with Gasteiger partial charge in [0.05, 0.1) is 23.4 Å². The summed E-state index contributed by atoms with van der Waals surface area (Å²) in [5.41, 5.74) is 1.72. The predicted octanol–water partition coefficient (Wildman–Crippen LogP) is 3.75. The number of para-hydroxylation sites is 1. The fourth-order valence-electron chi connectivity index (χ4n) is 2.87. The van der Waals surface area contributed by atoms with E-state index >= 15 is 0 Å². The first-order valence-electron chi connectivity index (χ1n) is 8.29. The maximum Gasteiger partial charge on any atom is 0.257 e. The Morgan fingerprint density at radius 3 is 2.58 bits per heavy atom. The first-order chi connectivity index (χ1) is 12.5. The summed E-state index contributed by atoms with van der Waals surface area (Å²) >= 11 is 0. The van der Waals surface area contributed by atoms with Gasteiger partial charge in [0.2, 0.25) is 0 Å². The third-order valence-electron chi connectivity index (χ3n) is 4.32. The van der Waals surface area contributed by atoms with Crippen LogP contribution in [0.25, 0.3) is 22.3 Å². The standard InChI is InChI=1S/C21H18N2O3/c1-14-18(24)16-10-6-11-17(21(25)23(2)13-7-12-22)20(16)26-19(14)15-8-4-3-5-9-15/h3-6,8-11H,7,13H2,1-2H3. The molecule has 5 nitrogen and oxygen atoms in total. The molecule has 1 amide bonds. The molecule has 3 rings (SSSR count). The minimum atomic E-state index is -0.281. The molecule has 3 aromatic rings. The molecule has 0 unspecified atom stereocenters. The largest absolute Gasteiger partial charge is 0.455 e. The summed E-state index contributed by atoms with van der Waals surface area (Å²) in [5, 5.41) is 9.10. The van der Waals surface area contributed by atoms with E-state index in [4.69, 9.17) is 9.68 Å². The van der Waals surface area contributed by atoms with Gasteiger partial charge in [-0.05, 0) is 19.1 Å². The maximum atomic E-state index is 12.8. The average Bonchev–Trinajstić information content (AvgIpc) is 2.68. The zero-order valence-corrected chi connectivity index (χ0v) is 14.7. The summed E-state index contributed by atoms with van der Waals surface area (Å²) in [6.07, 6.45) is 0.241. The summed E-state index contributed by atoms with van der Waals surface area (Å²) in [4.78, 5) is 27.0. The molecule has 0 aliphatic rings. The molecule has 0 atom stereocenters. The Labute approximate surface area is 151 Å². The third-order valence-corrected chi connectivity index (χ3v) is 4.32. The van der Waals surface area contributed by atoms with Crippen LogP contribution in [0.3, 0.4) is 0 Å². The van der Waals surface area contributed by atoms with Crippen molar-refractivity contribution in [1.82, 2.24) is 4.90 Å². The fourth-order valence-corrected chi connectivity index (χ4v) is 2.87. The lowest BCUT2D eigenvalue weighted by Gasteiger charge is -2.17. The van der Waals surface area contributed by atoms with E-state index in [0.29, 0.717) is 28.8 Å². The topological polar surface area (TPSA) is 74.3 Å². The molecule has 0 fully saturated rings. The molecule has 0 saturated heterocycles. The number of amides is 1. The number of rotatable bonds is 4. The van der Waals surface area contributed by atoms with Crippen LogP contribution < -0.4 is 5.43 Å². The van der Waals surface area contributed by atoms with Gasteiger partial charge in [-0.2, -0.15) is 5.26 Å². The molecule has 0 aliphatic carbocycles. The van der Waals surface area contributed by atoms with Gasteiger partial charge in [0.25, 0.3) is 5.91 Å². The Hall–Kier alpha value is -3.39. The molecule has 0 aliphatic heterocycles. The number of carbonyl (C=O) groups excluding carboxylic acids is 1. The second kappa shape index (κ2) is 7.24. The normalized spacial score (nSPS) is 10.5. The highest BCUT2D eigenvalue weighted by atomic mass is 16.3. The van der Waals surface area contributed by atoms with E-state index in [1.807, 2.05) is 36.4 Å². The number of benzene rings is 2. The quantitative estimate of drug-likeness (QED) is 0.721. The molecule has 0 saturated carbocycles. The minimum absolute atomic E-state index is 0.153. The molecule has 0 bridgehead atoms. The summed E-state index contributed by atoms with van der Waals surface area (Å²) in [6.45, 7) is 2.04. The monoisotopic (exact) mass is 346 g/mol. The van der Waals surface area contributed by atoms with Crippen molar-refractivity contribution in [3.8, 4) is 17.4 Å². The van der Waals surface area contributed by atoms with Gasteiger partial charge in [-0.15, -0.1) is 0 Å². The van der Waals surface area contributed by atoms with Gasteiger partial charge in [-0.25, -0.2) is 0 Å². The van der Waals surface area contributed by atoms with Crippen molar-refractivity contribution in [3.05, 3.63) is 69.9 Å². The Morgan fingerprint density at radius 1 is 1.15 bits per heavy atom. The first-order valence-corrected chi connectivity index (χ1v) is 8.29. The summed E-state index contributed by atoms with van der Waals surface area (Å²) in [5.74, 6) is 0.180. The average molecular weight is 346 g/mol. The van der Waals surface area contributed by atoms with E-state index in [1.54, 1.807) is 32.2 Å². The van der Waals surface area contributed by atoms with Crippen LogP contribution in [-0.2, 0) is 0 Å². The van der Waals surface area contributed by atoms with Gasteiger partial charge in [-0.3, -0.25) is 9.59 Å². The zero-order chi connectivity index (χ0) is 18.7. The first kappa shape index (κ1) is 17.4. The number of nitriles is 1. The van der Waals surface area contributed by atoms with Gasteiger partial charge in [0.1, 0.15) is 5.76 Å². The Bertz CT molecular complexity index is 1060. The lowest BCUT2D eigenvalue weighted by atomic mass is 10.0. The minimum Gasteiger partial charge on any atom is -0.455 e. The van der Waals surface area contributed by atoms with Crippen LogP contribution in [0.2, 0.25) is 0 Å². The van der Waals surface area contributed by atoms with Crippen LogP contribution in [0.1, 0.15) is 22.3 Å². The lowest BCUT2D eigenvalue weighted by Crippen LogP contribution is -2.28. The van der Waals surface area contributed by atoms with Crippen LogP contribution in [0, 0.1) is 18.3 Å². The maximum absolute atomic E-state index is 12.8. The number of nitrogens with zero attached hydrogens (tertiary/aromatic N) is 2. The molecular formula is C21H18N2O3. The smallest absolute Gasteiger partial charge is 0.257 e. The van der Waals surface area contributed by atoms with Crippen LogP contribution in [-0.4, -0.2) is 24.4 Å². The highest BCUT2D eigenvalue weighted by molar-refractivity contribution is 6.05. The van der Waals surface area contributed by atoms with Gasteiger partial charge < -0.3 is 9.32 Å². The number of carbonyl (C=O) groups is 1. The molecule has 130 valence electrons. The summed E-state index contributed by atoms with van der Waals surface area (Å²) in [7, 11) is 1.63. The van der Waals surface area contributed by atoms with Crippen molar-refractivity contribution < 1.29 is 9.21 Å². The van der Waals surface area contributed by atoms with Gasteiger partial charge in [-0.1, -0.05) is 36.4 Å². The Kier molecular flexibility index (Phi) is 4.85. The Balaban J connectivity index is 2.21. The molecule has 5 heteroatoms.